The van der Waals surface area contributed by atoms with Gasteiger partial charge in [-0.15, -0.1) is 0 Å². The summed E-state index contributed by atoms with van der Waals surface area (Å²) in [5, 5.41) is 13.1. The summed E-state index contributed by atoms with van der Waals surface area (Å²) in [7, 11) is 0. The quantitative estimate of drug-likeness (QED) is 0.598. The minimum Gasteiger partial charge on any atom is -0.396 e. The van der Waals surface area contributed by atoms with Gasteiger partial charge in [0.25, 0.3) is 11.5 Å². The van der Waals surface area contributed by atoms with E-state index in [1.165, 1.54) is 29.3 Å². The van der Waals surface area contributed by atoms with Gasteiger partial charge in [0.1, 0.15) is 11.9 Å². The van der Waals surface area contributed by atoms with Crippen molar-refractivity contribution in [2.24, 2.45) is 11.8 Å². The molecule has 0 spiro atoms. The first kappa shape index (κ1) is 22.0. The van der Waals surface area contributed by atoms with E-state index in [2.05, 4.69) is 10.3 Å². The number of benzene rings is 1. The van der Waals surface area contributed by atoms with Crippen molar-refractivity contribution in [3.05, 3.63) is 100.0 Å². The van der Waals surface area contributed by atoms with E-state index in [-0.39, 0.29) is 30.4 Å². The molecule has 2 aliphatic rings. The van der Waals surface area contributed by atoms with Crippen LogP contribution in [0.3, 0.4) is 0 Å². The number of likely N-dealkylation sites (tertiary alicyclic amines) is 1. The molecule has 5 rings (SSSR count). The Morgan fingerprint density at radius 2 is 1.91 bits per heavy atom. The monoisotopic (exact) mass is 462 g/mol. The summed E-state index contributed by atoms with van der Waals surface area (Å²) in [6.07, 6.45) is 2.99. The molecule has 3 aromatic rings. The van der Waals surface area contributed by atoms with Crippen molar-refractivity contribution in [3.8, 4) is 0 Å². The number of rotatable bonds is 5. The van der Waals surface area contributed by atoms with E-state index in [9.17, 15) is 23.9 Å². The number of pyridine rings is 2. The molecule has 4 atom stereocenters. The third-order valence-corrected chi connectivity index (χ3v) is 6.74. The summed E-state index contributed by atoms with van der Waals surface area (Å²) >= 11 is 0. The summed E-state index contributed by atoms with van der Waals surface area (Å²) in [6.45, 7) is 0.132. The van der Waals surface area contributed by atoms with Gasteiger partial charge in [-0.25, -0.2) is 4.39 Å². The number of nitrogens with zero attached hydrogens (tertiary/aromatic N) is 3. The van der Waals surface area contributed by atoms with Gasteiger partial charge in [-0.1, -0.05) is 18.2 Å². The lowest BCUT2D eigenvalue weighted by Crippen LogP contribution is -2.50. The normalized spacial score (nSPS) is 22.8. The molecule has 1 aromatic carbocycles. The highest BCUT2D eigenvalue weighted by molar-refractivity contribution is 5.98. The van der Waals surface area contributed by atoms with Crippen LogP contribution in [0.15, 0.2) is 71.8 Å². The number of fused-ring (bicyclic) bond motifs is 3. The van der Waals surface area contributed by atoms with Gasteiger partial charge < -0.3 is 19.9 Å². The van der Waals surface area contributed by atoms with Gasteiger partial charge >= 0.3 is 0 Å². The first-order valence-electron chi connectivity index (χ1n) is 11.0. The van der Waals surface area contributed by atoms with Crippen molar-refractivity contribution in [1.29, 1.82) is 0 Å². The van der Waals surface area contributed by atoms with Crippen molar-refractivity contribution in [1.82, 2.24) is 19.8 Å². The summed E-state index contributed by atoms with van der Waals surface area (Å²) in [6, 6.07) is 12.4. The first-order chi connectivity index (χ1) is 16.5. The predicted molar refractivity (Wildman–Crippen MR) is 120 cm³/mol. The maximum absolute atomic E-state index is 13.7. The molecule has 4 heterocycles. The molecule has 1 saturated heterocycles. The van der Waals surface area contributed by atoms with Crippen LogP contribution in [0.1, 0.15) is 27.7 Å². The number of amides is 2. The second-order valence-electron chi connectivity index (χ2n) is 8.60. The lowest BCUT2D eigenvalue weighted by Gasteiger charge is -2.31. The van der Waals surface area contributed by atoms with E-state index in [0.717, 1.165) is 0 Å². The number of nitrogens with one attached hydrogen (secondary N) is 1. The lowest BCUT2D eigenvalue weighted by atomic mass is 9.88. The number of carbonyl (C=O) groups excluding carboxylic acids is 2. The minimum atomic E-state index is -0.947. The van der Waals surface area contributed by atoms with Gasteiger partial charge in [-0.2, -0.15) is 0 Å². The number of hydrogen-bond donors (Lipinski definition) is 2. The molecule has 2 aliphatic heterocycles. The lowest BCUT2D eigenvalue weighted by molar-refractivity contribution is -0.127. The molecule has 0 radical (unpaired) electrons. The Labute approximate surface area is 194 Å². The molecule has 8 nitrogen and oxygen atoms in total. The molecule has 9 heteroatoms. The van der Waals surface area contributed by atoms with Gasteiger partial charge in [0.15, 0.2) is 0 Å². The fraction of sp³-hybridized carbons (Fsp3) is 0.280. The van der Waals surface area contributed by atoms with Crippen LogP contribution < -0.4 is 10.9 Å². The first-order valence-corrected chi connectivity index (χ1v) is 11.0. The molecule has 34 heavy (non-hydrogen) atoms. The molecule has 0 unspecified atom stereocenters. The molecule has 174 valence electrons. The Morgan fingerprint density at radius 3 is 2.62 bits per heavy atom. The Bertz CT molecular complexity index is 1280. The highest BCUT2D eigenvalue weighted by Crippen LogP contribution is 2.49. The zero-order chi connectivity index (χ0) is 23.8. The van der Waals surface area contributed by atoms with Crippen LogP contribution in [0.2, 0.25) is 0 Å². The molecule has 2 amide bonds. The van der Waals surface area contributed by atoms with Crippen LogP contribution in [0.4, 0.5) is 4.39 Å². The Hall–Kier alpha value is -3.85. The number of aromatic nitrogens is 2. The minimum absolute atomic E-state index is 0.147. The highest BCUT2D eigenvalue weighted by atomic mass is 19.1. The predicted octanol–water partition coefficient (Wildman–Crippen LogP) is 1.50. The van der Waals surface area contributed by atoms with E-state index >= 15 is 0 Å². The van der Waals surface area contributed by atoms with Crippen molar-refractivity contribution in [2.75, 3.05) is 6.61 Å². The zero-order valence-corrected chi connectivity index (χ0v) is 18.2. The van der Waals surface area contributed by atoms with Crippen molar-refractivity contribution in [3.63, 3.8) is 0 Å². The van der Waals surface area contributed by atoms with Gasteiger partial charge in [-0.05, 0) is 35.9 Å². The summed E-state index contributed by atoms with van der Waals surface area (Å²) in [4.78, 5) is 45.1. The third-order valence-electron chi connectivity index (χ3n) is 6.74. The van der Waals surface area contributed by atoms with Gasteiger partial charge in [-0.3, -0.25) is 19.4 Å². The molecule has 2 aromatic heterocycles. The number of aliphatic hydroxyl groups excluding tert-OH is 1. The molecule has 1 fully saturated rings. The van der Waals surface area contributed by atoms with Crippen LogP contribution in [0, 0.1) is 17.7 Å². The fourth-order valence-corrected chi connectivity index (χ4v) is 5.19. The number of halogens is 1. The zero-order valence-electron chi connectivity index (χ0n) is 18.2. The fourth-order valence-electron chi connectivity index (χ4n) is 5.19. The average Bonchev–Trinajstić information content (AvgIpc) is 3.39. The van der Waals surface area contributed by atoms with E-state index in [0.29, 0.717) is 23.4 Å². The van der Waals surface area contributed by atoms with Crippen molar-refractivity contribution >= 4 is 11.8 Å². The number of aliphatic hydroxyl groups is 1. The van der Waals surface area contributed by atoms with E-state index in [4.69, 9.17) is 0 Å². The highest BCUT2D eigenvalue weighted by Gasteiger charge is 2.57. The summed E-state index contributed by atoms with van der Waals surface area (Å²) in [5.41, 5.74) is 1.47. The topological polar surface area (TPSA) is 105 Å². The summed E-state index contributed by atoms with van der Waals surface area (Å²) in [5.74, 6) is -2.06. The van der Waals surface area contributed by atoms with Crippen LogP contribution in [-0.2, 0) is 17.9 Å². The third kappa shape index (κ3) is 3.67. The van der Waals surface area contributed by atoms with Crippen LogP contribution in [0.25, 0.3) is 0 Å². The van der Waals surface area contributed by atoms with Crippen LogP contribution >= 0.6 is 0 Å². The smallest absolute Gasteiger partial charge is 0.256 e. The van der Waals surface area contributed by atoms with Crippen LogP contribution in [-0.4, -0.2) is 44.0 Å². The van der Waals surface area contributed by atoms with E-state index in [1.807, 2.05) is 0 Å². The van der Waals surface area contributed by atoms with Gasteiger partial charge in [0.05, 0.1) is 11.6 Å². The molecule has 0 aliphatic carbocycles. The van der Waals surface area contributed by atoms with E-state index < -0.39 is 29.8 Å². The van der Waals surface area contributed by atoms with Crippen molar-refractivity contribution in [2.45, 2.75) is 25.2 Å². The Balaban J connectivity index is 1.52. The van der Waals surface area contributed by atoms with E-state index in [1.54, 1.807) is 47.2 Å². The maximum Gasteiger partial charge on any atom is 0.256 e. The van der Waals surface area contributed by atoms with Crippen molar-refractivity contribution < 1.29 is 19.1 Å². The standard InChI is InChI=1S/C25H23FN4O4/c26-17-8-6-15(7-9-17)11-28-24(33)23-19(14-31)18-13-29-20(4-1-5-21(29)32)22(18)30(23)25(34)16-3-2-10-27-12-16/h1-10,12,18-19,22-23,31H,11,13-14H2,(H,28,33)/t18-,19-,22+,23-/m1/s1. The van der Waals surface area contributed by atoms with Crippen LogP contribution in [0.5, 0.6) is 0 Å². The SMILES string of the molecule is O=C(NCc1ccc(F)cc1)[C@H]1[C@H](CO)[C@H]2Cn3c(cccc3=O)[C@H]2N1C(=O)c1cccnc1. The number of hydrogen-bond acceptors (Lipinski definition) is 5. The molecular weight excluding hydrogens is 439 g/mol. The van der Waals surface area contributed by atoms with Gasteiger partial charge in [0, 0.05) is 55.7 Å². The molecule has 2 N–H and O–H groups in total. The Morgan fingerprint density at radius 1 is 1.12 bits per heavy atom. The second-order valence-corrected chi connectivity index (χ2v) is 8.60. The average molecular weight is 462 g/mol. The van der Waals surface area contributed by atoms with Gasteiger partial charge in [0.2, 0.25) is 5.91 Å². The largest absolute Gasteiger partial charge is 0.396 e. The maximum atomic E-state index is 13.7. The second kappa shape index (κ2) is 8.83. The molecular formula is C25H23FN4O4. The summed E-state index contributed by atoms with van der Waals surface area (Å²) < 4.78 is 14.8. The Kier molecular flexibility index (Phi) is 5.70. The number of carbonyl (C=O) groups is 2. The molecule has 0 saturated carbocycles. The molecule has 0 bridgehead atoms.